The molecule has 2 amide bonds. The summed E-state index contributed by atoms with van der Waals surface area (Å²) in [5.41, 5.74) is 1.38. The van der Waals surface area contributed by atoms with Crippen molar-refractivity contribution in [3.05, 3.63) is 75.5 Å². The van der Waals surface area contributed by atoms with E-state index in [-0.39, 0.29) is 28.5 Å². The van der Waals surface area contributed by atoms with Gasteiger partial charge in [-0.3, -0.25) is 9.59 Å². The molecule has 0 aliphatic rings. The van der Waals surface area contributed by atoms with Gasteiger partial charge in [0.15, 0.2) is 11.0 Å². The van der Waals surface area contributed by atoms with Crippen LogP contribution in [0, 0.1) is 5.92 Å². The fourth-order valence-corrected chi connectivity index (χ4v) is 4.67. The summed E-state index contributed by atoms with van der Waals surface area (Å²) < 4.78 is 1.92. The normalized spacial score (nSPS) is 11.9. The predicted octanol–water partition coefficient (Wildman–Crippen LogP) is 5.14. The predicted molar refractivity (Wildman–Crippen MR) is 136 cm³/mol. The minimum Gasteiger partial charge on any atom is -0.351 e. The molecule has 0 radical (unpaired) electrons. The van der Waals surface area contributed by atoms with Crippen LogP contribution in [-0.4, -0.2) is 32.3 Å². The van der Waals surface area contributed by atoms with Crippen molar-refractivity contribution in [3.8, 4) is 0 Å². The van der Waals surface area contributed by atoms with Crippen molar-refractivity contribution in [1.29, 1.82) is 0 Å². The Hall–Kier alpha value is -2.55. The highest BCUT2D eigenvalue weighted by atomic mass is 35.5. The molecule has 0 aliphatic heterocycles. The molecule has 3 rings (SSSR count). The number of nitrogens with zero attached hydrogens (tertiary/aromatic N) is 3. The van der Waals surface area contributed by atoms with Crippen LogP contribution in [0.25, 0.3) is 0 Å². The van der Waals surface area contributed by atoms with Crippen LogP contribution in [0.5, 0.6) is 0 Å². The lowest BCUT2D eigenvalue weighted by Crippen LogP contribution is -2.34. The third-order valence-electron chi connectivity index (χ3n) is 5.13. The number of amides is 2. The second kappa shape index (κ2) is 12.2. The molecule has 1 aromatic heterocycles. The van der Waals surface area contributed by atoms with E-state index in [0.29, 0.717) is 34.7 Å². The molecule has 3 aromatic rings. The Kier molecular flexibility index (Phi) is 9.38. The minimum atomic E-state index is -0.395. The smallest absolute Gasteiger partial charge is 0.253 e. The Morgan fingerprint density at radius 3 is 2.47 bits per heavy atom. The van der Waals surface area contributed by atoms with Crippen LogP contribution >= 0.6 is 35.0 Å². The summed E-state index contributed by atoms with van der Waals surface area (Å²) in [6.45, 7) is 7.03. The molecule has 180 valence electrons. The van der Waals surface area contributed by atoms with Crippen molar-refractivity contribution >= 4 is 46.8 Å². The summed E-state index contributed by atoms with van der Waals surface area (Å²) in [5, 5.41) is 15.9. The maximum absolute atomic E-state index is 12.9. The molecular formula is C24H27Cl2N5O2S. The van der Waals surface area contributed by atoms with Gasteiger partial charge >= 0.3 is 0 Å². The summed E-state index contributed by atoms with van der Waals surface area (Å²) in [7, 11) is 0. The maximum Gasteiger partial charge on any atom is 0.253 e. The number of nitrogens with one attached hydrogen (secondary N) is 2. The van der Waals surface area contributed by atoms with Gasteiger partial charge in [0, 0.05) is 18.1 Å². The van der Waals surface area contributed by atoms with Crippen LogP contribution < -0.4 is 10.6 Å². The SMILES string of the molecule is CCn1c(SCC(=O)NCc2ccccc2)nnc1[C@H](NC(=O)c1ccc(Cl)cc1Cl)C(C)C. The number of benzene rings is 2. The highest BCUT2D eigenvalue weighted by Gasteiger charge is 2.27. The van der Waals surface area contributed by atoms with E-state index in [0.717, 1.165) is 5.56 Å². The first-order valence-corrected chi connectivity index (χ1v) is 12.7. The monoisotopic (exact) mass is 519 g/mol. The van der Waals surface area contributed by atoms with Crippen molar-refractivity contribution in [2.45, 2.75) is 45.1 Å². The van der Waals surface area contributed by atoms with Gasteiger partial charge in [0.1, 0.15) is 0 Å². The first kappa shape index (κ1) is 26.1. The summed E-state index contributed by atoms with van der Waals surface area (Å²) in [4.78, 5) is 25.2. The van der Waals surface area contributed by atoms with E-state index in [1.165, 1.54) is 17.8 Å². The van der Waals surface area contributed by atoms with Gasteiger partial charge in [-0.05, 0) is 36.6 Å². The number of hydrogen-bond acceptors (Lipinski definition) is 5. The number of carbonyl (C=O) groups excluding carboxylic acids is 2. The van der Waals surface area contributed by atoms with Crippen LogP contribution in [0.3, 0.4) is 0 Å². The third-order valence-corrected chi connectivity index (χ3v) is 6.65. The maximum atomic E-state index is 12.9. The Bertz CT molecular complexity index is 1140. The van der Waals surface area contributed by atoms with Crippen LogP contribution in [0.1, 0.15) is 48.6 Å². The highest BCUT2D eigenvalue weighted by Crippen LogP contribution is 2.27. The number of carbonyl (C=O) groups is 2. The van der Waals surface area contributed by atoms with E-state index >= 15 is 0 Å². The zero-order valence-corrected chi connectivity index (χ0v) is 21.5. The molecule has 2 aromatic carbocycles. The lowest BCUT2D eigenvalue weighted by Gasteiger charge is -2.22. The Morgan fingerprint density at radius 1 is 1.09 bits per heavy atom. The van der Waals surface area contributed by atoms with Crippen molar-refractivity contribution in [1.82, 2.24) is 25.4 Å². The summed E-state index contributed by atoms with van der Waals surface area (Å²) in [6.07, 6.45) is 0. The quantitative estimate of drug-likeness (QED) is 0.362. The van der Waals surface area contributed by atoms with E-state index in [9.17, 15) is 9.59 Å². The van der Waals surface area contributed by atoms with Gasteiger partial charge in [0.2, 0.25) is 5.91 Å². The molecule has 0 aliphatic carbocycles. The van der Waals surface area contributed by atoms with Crippen LogP contribution in [0.15, 0.2) is 53.7 Å². The van der Waals surface area contributed by atoms with E-state index < -0.39 is 6.04 Å². The second-order valence-corrected chi connectivity index (χ2v) is 9.74. The topological polar surface area (TPSA) is 88.9 Å². The lowest BCUT2D eigenvalue weighted by molar-refractivity contribution is -0.118. The van der Waals surface area contributed by atoms with Gasteiger partial charge in [-0.2, -0.15) is 0 Å². The molecule has 0 saturated carbocycles. The average molecular weight is 520 g/mol. The summed E-state index contributed by atoms with van der Waals surface area (Å²) in [6, 6.07) is 14.1. The first-order chi connectivity index (χ1) is 16.3. The van der Waals surface area contributed by atoms with Crippen molar-refractivity contribution in [2.24, 2.45) is 5.92 Å². The molecule has 1 heterocycles. The van der Waals surface area contributed by atoms with E-state index in [4.69, 9.17) is 23.2 Å². The molecule has 0 unspecified atom stereocenters. The van der Waals surface area contributed by atoms with Gasteiger partial charge < -0.3 is 15.2 Å². The second-order valence-electron chi connectivity index (χ2n) is 7.96. The van der Waals surface area contributed by atoms with Gasteiger partial charge in [-0.25, -0.2) is 0 Å². The van der Waals surface area contributed by atoms with Gasteiger partial charge in [-0.15, -0.1) is 10.2 Å². The third kappa shape index (κ3) is 6.74. The molecule has 10 heteroatoms. The van der Waals surface area contributed by atoms with Gasteiger partial charge in [-0.1, -0.05) is 79.1 Å². The Labute approximate surface area is 213 Å². The molecular weight excluding hydrogens is 493 g/mol. The molecule has 34 heavy (non-hydrogen) atoms. The van der Waals surface area contributed by atoms with Gasteiger partial charge in [0.05, 0.1) is 22.4 Å². The lowest BCUT2D eigenvalue weighted by atomic mass is 10.0. The fourth-order valence-electron chi connectivity index (χ4n) is 3.33. The van der Waals surface area contributed by atoms with Crippen molar-refractivity contribution in [2.75, 3.05) is 5.75 Å². The summed E-state index contributed by atoms with van der Waals surface area (Å²) in [5.74, 6) is 0.469. The van der Waals surface area contributed by atoms with Crippen molar-refractivity contribution in [3.63, 3.8) is 0 Å². The number of hydrogen-bond donors (Lipinski definition) is 2. The van der Waals surface area contributed by atoms with E-state index in [1.807, 2.05) is 55.7 Å². The molecule has 2 N–H and O–H groups in total. The number of thioether (sulfide) groups is 1. The number of aromatic nitrogens is 3. The molecule has 0 fully saturated rings. The van der Waals surface area contributed by atoms with Crippen molar-refractivity contribution < 1.29 is 9.59 Å². The first-order valence-electron chi connectivity index (χ1n) is 10.9. The highest BCUT2D eigenvalue weighted by molar-refractivity contribution is 7.99. The number of rotatable bonds is 10. The standard InChI is InChI=1S/C24H27Cl2N5O2S/c1-4-31-22(21(15(2)3)28-23(33)18-11-10-17(25)12-19(18)26)29-30-24(31)34-14-20(32)27-13-16-8-6-5-7-9-16/h5-12,15,21H,4,13-14H2,1-3H3,(H,27,32)(H,28,33)/t21-/m1/s1. The van der Waals surface area contributed by atoms with Gasteiger partial charge in [0.25, 0.3) is 5.91 Å². The van der Waals surface area contributed by atoms with Crippen LogP contribution in [-0.2, 0) is 17.9 Å². The van der Waals surface area contributed by atoms with E-state index in [1.54, 1.807) is 12.1 Å². The minimum absolute atomic E-state index is 0.0385. The fraction of sp³-hybridized carbons (Fsp3) is 0.333. The summed E-state index contributed by atoms with van der Waals surface area (Å²) >= 11 is 13.5. The molecule has 1 atom stereocenters. The molecule has 0 saturated heterocycles. The van der Waals surface area contributed by atoms with Crippen LogP contribution in [0.2, 0.25) is 10.0 Å². The average Bonchev–Trinajstić information content (AvgIpc) is 3.22. The van der Waals surface area contributed by atoms with Crippen LogP contribution in [0.4, 0.5) is 0 Å². The Balaban J connectivity index is 1.68. The molecule has 7 nitrogen and oxygen atoms in total. The molecule has 0 spiro atoms. The largest absolute Gasteiger partial charge is 0.351 e. The molecule has 0 bridgehead atoms. The van der Waals surface area contributed by atoms with E-state index in [2.05, 4.69) is 20.8 Å². The zero-order valence-electron chi connectivity index (χ0n) is 19.2. The zero-order chi connectivity index (χ0) is 24.7. The Morgan fingerprint density at radius 2 is 1.82 bits per heavy atom. The number of halogens is 2.